The lowest BCUT2D eigenvalue weighted by atomic mass is 10.0. The highest BCUT2D eigenvalue weighted by atomic mass is 16.5. The van der Waals surface area contributed by atoms with Gasteiger partial charge in [0.2, 0.25) is 0 Å². The molecule has 0 aliphatic rings. The third kappa shape index (κ3) is 3.38. The number of rotatable bonds is 3. The third-order valence-corrected chi connectivity index (χ3v) is 2.72. The highest BCUT2D eigenvalue weighted by molar-refractivity contribution is 6.10. The van der Waals surface area contributed by atoms with Gasteiger partial charge in [0.15, 0.2) is 5.78 Å². The lowest BCUT2D eigenvalue weighted by molar-refractivity contribution is 0.101. The number of ketones is 1. The van der Waals surface area contributed by atoms with E-state index in [9.17, 15) is 4.79 Å². The largest absolute Gasteiger partial charge is 0.487 e. The van der Waals surface area contributed by atoms with E-state index in [0.29, 0.717) is 22.6 Å². The van der Waals surface area contributed by atoms with Crippen molar-refractivity contribution in [3.8, 4) is 5.75 Å². The number of para-hydroxylation sites is 1. The van der Waals surface area contributed by atoms with Crippen LogP contribution in [0.3, 0.4) is 0 Å². The molecule has 20 heavy (non-hydrogen) atoms. The molecule has 2 N–H and O–H groups in total. The van der Waals surface area contributed by atoms with Gasteiger partial charge in [-0.05, 0) is 57.2 Å². The monoisotopic (exact) mass is 269 g/mol. The highest BCUT2D eigenvalue weighted by Crippen LogP contribution is 2.25. The quantitative estimate of drug-likeness (QED) is 0.683. The molecule has 0 atom stereocenters. The van der Waals surface area contributed by atoms with Crippen molar-refractivity contribution in [2.24, 2.45) is 0 Å². The van der Waals surface area contributed by atoms with E-state index >= 15 is 0 Å². The Kier molecular flexibility index (Phi) is 3.79. The van der Waals surface area contributed by atoms with Crippen LogP contribution in [0.2, 0.25) is 0 Å². The SMILES string of the molecule is CC(C)(C)Oc1ccccc1C(=O)c1ccc(N)cc1. The number of hydrogen-bond donors (Lipinski definition) is 1. The zero-order valence-corrected chi connectivity index (χ0v) is 12.0. The molecule has 0 heterocycles. The Labute approximate surface area is 119 Å². The first-order chi connectivity index (χ1) is 9.37. The van der Waals surface area contributed by atoms with Crippen LogP contribution in [0, 0.1) is 0 Å². The fourth-order valence-electron chi connectivity index (χ4n) is 1.86. The molecule has 0 fully saturated rings. The standard InChI is InChI=1S/C17H19NO2/c1-17(2,3)20-15-7-5-4-6-14(15)16(19)12-8-10-13(18)11-9-12/h4-11H,18H2,1-3H3. The molecule has 104 valence electrons. The average Bonchev–Trinajstić information content (AvgIpc) is 2.37. The van der Waals surface area contributed by atoms with Crippen molar-refractivity contribution in [3.05, 3.63) is 59.7 Å². The normalized spacial score (nSPS) is 11.2. The van der Waals surface area contributed by atoms with Crippen molar-refractivity contribution in [2.45, 2.75) is 26.4 Å². The van der Waals surface area contributed by atoms with Gasteiger partial charge in [-0.1, -0.05) is 12.1 Å². The summed E-state index contributed by atoms with van der Waals surface area (Å²) in [5, 5.41) is 0. The minimum absolute atomic E-state index is 0.0650. The zero-order valence-electron chi connectivity index (χ0n) is 12.0. The number of nitrogens with two attached hydrogens (primary N) is 1. The molecular weight excluding hydrogens is 250 g/mol. The molecule has 3 heteroatoms. The zero-order chi connectivity index (χ0) is 14.8. The molecule has 0 radical (unpaired) electrons. The summed E-state index contributed by atoms with van der Waals surface area (Å²) in [4.78, 5) is 12.5. The molecule has 0 bridgehead atoms. The number of benzene rings is 2. The Morgan fingerprint density at radius 1 is 1.00 bits per heavy atom. The van der Waals surface area contributed by atoms with E-state index in [0.717, 1.165) is 0 Å². The fraction of sp³-hybridized carbons (Fsp3) is 0.235. The molecule has 0 aliphatic carbocycles. The van der Waals surface area contributed by atoms with Gasteiger partial charge in [0, 0.05) is 11.3 Å². The van der Waals surface area contributed by atoms with Gasteiger partial charge >= 0.3 is 0 Å². The Hall–Kier alpha value is -2.29. The molecule has 0 saturated carbocycles. The fourth-order valence-corrected chi connectivity index (χ4v) is 1.86. The van der Waals surface area contributed by atoms with Crippen molar-refractivity contribution in [2.75, 3.05) is 5.73 Å². The van der Waals surface area contributed by atoms with E-state index in [1.54, 1.807) is 30.3 Å². The lowest BCUT2D eigenvalue weighted by Gasteiger charge is -2.22. The molecule has 2 aromatic carbocycles. The molecule has 3 nitrogen and oxygen atoms in total. The topological polar surface area (TPSA) is 52.3 Å². The van der Waals surface area contributed by atoms with Gasteiger partial charge in [-0.3, -0.25) is 4.79 Å². The van der Waals surface area contributed by atoms with Crippen molar-refractivity contribution in [1.82, 2.24) is 0 Å². The maximum atomic E-state index is 12.5. The van der Waals surface area contributed by atoms with Crippen molar-refractivity contribution in [1.29, 1.82) is 0 Å². The second-order valence-electron chi connectivity index (χ2n) is 5.66. The van der Waals surface area contributed by atoms with Crippen LogP contribution in [0.4, 0.5) is 5.69 Å². The summed E-state index contributed by atoms with van der Waals surface area (Å²) < 4.78 is 5.85. The number of carbonyl (C=O) groups is 1. The predicted octanol–water partition coefficient (Wildman–Crippen LogP) is 3.68. The van der Waals surface area contributed by atoms with Crippen LogP contribution in [-0.4, -0.2) is 11.4 Å². The first-order valence-electron chi connectivity index (χ1n) is 6.55. The lowest BCUT2D eigenvalue weighted by Crippen LogP contribution is -2.24. The molecule has 2 aromatic rings. The minimum atomic E-state index is -0.350. The molecule has 0 amide bonds. The molecule has 0 spiro atoms. The van der Waals surface area contributed by atoms with E-state index < -0.39 is 0 Å². The number of carbonyl (C=O) groups excluding carboxylic acids is 1. The first-order valence-corrected chi connectivity index (χ1v) is 6.55. The summed E-state index contributed by atoms with van der Waals surface area (Å²) in [6.07, 6.45) is 0. The number of hydrogen-bond acceptors (Lipinski definition) is 3. The van der Waals surface area contributed by atoms with Crippen LogP contribution in [-0.2, 0) is 0 Å². The molecule has 0 saturated heterocycles. The smallest absolute Gasteiger partial charge is 0.196 e. The summed E-state index contributed by atoms with van der Waals surface area (Å²) in [5.41, 5.74) is 7.10. The second kappa shape index (κ2) is 5.37. The molecule has 2 rings (SSSR count). The highest BCUT2D eigenvalue weighted by Gasteiger charge is 2.18. The van der Waals surface area contributed by atoms with Crippen LogP contribution in [0.25, 0.3) is 0 Å². The Morgan fingerprint density at radius 2 is 1.60 bits per heavy atom. The summed E-state index contributed by atoms with van der Waals surface area (Å²) in [7, 11) is 0. The number of anilines is 1. The van der Waals surface area contributed by atoms with E-state index in [4.69, 9.17) is 10.5 Å². The first kappa shape index (κ1) is 14.1. The van der Waals surface area contributed by atoms with E-state index in [-0.39, 0.29) is 11.4 Å². The molecule has 0 aliphatic heterocycles. The van der Waals surface area contributed by atoms with Crippen LogP contribution in [0.5, 0.6) is 5.75 Å². The molecule has 0 unspecified atom stereocenters. The summed E-state index contributed by atoms with van der Waals surface area (Å²) in [5.74, 6) is 0.534. The van der Waals surface area contributed by atoms with Crippen LogP contribution >= 0.6 is 0 Å². The van der Waals surface area contributed by atoms with Gasteiger partial charge in [0.25, 0.3) is 0 Å². The van der Waals surface area contributed by atoms with Crippen LogP contribution in [0.15, 0.2) is 48.5 Å². The van der Waals surface area contributed by atoms with E-state index in [1.165, 1.54) is 0 Å². The van der Waals surface area contributed by atoms with Crippen LogP contribution in [0.1, 0.15) is 36.7 Å². The average molecular weight is 269 g/mol. The van der Waals surface area contributed by atoms with Gasteiger partial charge in [0.05, 0.1) is 5.56 Å². The Balaban J connectivity index is 2.37. The maximum Gasteiger partial charge on any atom is 0.196 e. The van der Waals surface area contributed by atoms with Crippen molar-refractivity contribution < 1.29 is 9.53 Å². The predicted molar refractivity (Wildman–Crippen MR) is 81.1 cm³/mol. The van der Waals surface area contributed by atoms with E-state index in [1.807, 2.05) is 39.0 Å². The third-order valence-electron chi connectivity index (χ3n) is 2.72. The molecular formula is C17H19NO2. The summed E-state index contributed by atoms with van der Waals surface area (Å²) in [6.45, 7) is 5.87. The summed E-state index contributed by atoms with van der Waals surface area (Å²) in [6, 6.07) is 14.2. The van der Waals surface area contributed by atoms with Crippen LogP contribution < -0.4 is 10.5 Å². The summed E-state index contributed by atoms with van der Waals surface area (Å²) >= 11 is 0. The minimum Gasteiger partial charge on any atom is -0.487 e. The van der Waals surface area contributed by atoms with Gasteiger partial charge in [-0.25, -0.2) is 0 Å². The Morgan fingerprint density at radius 3 is 2.20 bits per heavy atom. The molecule has 0 aromatic heterocycles. The maximum absolute atomic E-state index is 12.5. The van der Waals surface area contributed by atoms with Crippen molar-refractivity contribution >= 4 is 11.5 Å². The van der Waals surface area contributed by atoms with Gasteiger partial charge in [0.1, 0.15) is 11.4 Å². The number of nitrogen functional groups attached to an aromatic ring is 1. The number of ether oxygens (including phenoxy) is 1. The van der Waals surface area contributed by atoms with Gasteiger partial charge in [-0.15, -0.1) is 0 Å². The second-order valence-corrected chi connectivity index (χ2v) is 5.66. The van der Waals surface area contributed by atoms with Gasteiger partial charge in [-0.2, -0.15) is 0 Å². The van der Waals surface area contributed by atoms with E-state index in [2.05, 4.69) is 0 Å². The Bertz CT molecular complexity index is 610. The van der Waals surface area contributed by atoms with Gasteiger partial charge < -0.3 is 10.5 Å². The van der Waals surface area contributed by atoms with Crippen molar-refractivity contribution in [3.63, 3.8) is 0 Å².